The lowest BCUT2D eigenvalue weighted by Gasteiger charge is -2.19. The molecule has 0 heterocycles. The number of carboxylic acids is 1. The summed E-state index contributed by atoms with van der Waals surface area (Å²) in [5.74, 6) is -1.43. The summed E-state index contributed by atoms with van der Waals surface area (Å²) in [7, 11) is -3.77. The lowest BCUT2D eigenvalue weighted by molar-refractivity contribution is -0.147. The third-order valence-electron chi connectivity index (χ3n) is 4.91. The van der Waals surface area contributed by atoms with Crippen LogP contribution in [0, 0.1) is 5.41 Å². The summed E-state index contributed by atoms with van der Waals surface area (Å²) in [4.78, 5) is 22.6. The quantitative estimate of drug-likeness (QED) is 0.229. The molecule has 3 N–H and O–H groups in total. The van der Waals surface area contributed by atoms with Gasteiger partial charge in [-0.05, 0) is 57.7 Å². The van der Waals surface area contributed by atoms with Gasteiger partial charge in [0.05, 0.1) is 16.9 Å². The Morgan fingerprint density at radius 2 is 1.90 bits per heavy atom. The molecule has 0 saturated heterocycles. The van der Waals surface area contributed by atoms with Crippen LogP contribution in [0.4, 0.5) is 5.69 Å². The highest BCUT2D eigenvalue weighted by Gasteiger charge is 2.26. The number of rotatable bonds is 14. The number of aliphatic carboxylic acids is 1. The zero-order valence-corrected chi connectivity index (χ0v) is 18.7. The highest BCUT2D eigenvalue weighted by Crippen LogP contribution is 2.28. The van der Waals surface area contributed by atoms with Crippen molar-refractivity contribution in [3.8, 4) is 5.75 Å². The molecule has 0 bridgehead atoms. The van der Waals surface area contributed by atoms with Gasteiger partial charge < -0.3 is 15.5 Å². The van der Waals surface area contributed by atoms with Gasteiger partial charge in [0.15, 0.2) is 0 Å². The molecule has 1 aromatic carbocycles. The van der Waals surface area contributed by atoms with E-state index in [0.29, 0.717) is 12.1 Å². The molecule has 0 amide bonds. The summed E-state index contributed by atoms with van der Waals surface area (Å²) in [6, 6.07) is 4.30. The summed E-state index contributed by atoms with van der Waals surface area (Å²) < 4.78 is 26.6. The summed E-state index contributed by atoms with van der Waals surface area (Å²) in [5.41, 5.74) is 0.561. The second-order valence-corrected chi connectivity index (χ2v) is 9.98. The summed E-state index contributed by atoms with van der Waals surface area (Å²) in [5, 5.41) is 22.2. The number of sulfonamides is 1. The first-order chi connectivity index (χ1) is 13.9. The Balaban J connectivity index is 2.73. The monoisotopic (exact) mass is 440 g/mol. The first-order valence-corrected chi connectivity index (χ1v) is 11.5. The smallest absolute Gasteiger partial charge is 0.309 e. The molecule has 0 spiro atoms. The Morgan fingerprint density at radius 3 is 2.47 bits per heavy atom. The predicted molar refractivity (Wildman–Crippen MR) is 118 cm³/mol. The van der Waals surface area contributed by atoms with Gasteiger partial charge >= 0.3 is 5.97 Å². The third-order valence-corrected chi connectivity index (χ3v) is 6.13. The van der Waals surface area contributed by atoms with E-state index in [4.69, 9.17) is 5.11 Å². The van der Waals surface area contributed by atoms with Crippen molar-refractivity contribution in [2.75, 3.05) is 11.1 Å². The molecule has 1 rings (SSSR count). The van der Waals surface area contributed by atoms with Gasteiger partial charge in [-0.25, -0.2) is 8.42 Å². The number of ketones is 1. The first kappa shape index (κ1) is 25.6. The average Bonchev–Trinajstić information content (AvgIpc) is 2.62. The second kappa shape index (κ2) is 11.1. The Morgan fingerprint density at radius 1 is 1.23 bits per heavy atom. The minimum Gasteiger partial charge on any atom is -0.506 e. The zero-order valence-electron chi connectivity index (χ0n) is 17.8. The summed E-state index contributed by atoms with van der Waals surface area (Å²) in [6.07, 6.45) is 3.82. The van der Waals surface area contributed by atoms with E-state index in [1.165, 1.54) is 13.0 Å². The van der Waals surface area contributed by atoms with Crippen molar-refractivity contribution < 1.29 is 28.2 Å². The molecule has 0 aromatic heterocycles. The Kier molecular flexibility index (Phi) is 9.48. The molecule has 1 unspecified atom stereocenters. The maximum atomic E-state index is 11.8. The lowest BCUT2D eigenvalue weighted by atomic mass is 9.87. The van der Waals surface area contributed by atoms with Crippen LogP contribution in [0.2, 0.25) is 0 Å². The number of phenolic OH excluding ortho intramolecular Hbond substituents is 1. The van der Waals surface area contributed by atoms with E-state index in [0.717, 1.165) is 31.2 Å². The minimum atomic E-state index is -3.77. The molecule has 0 aliphatic rings. The fraction of sp³-hybridized carbons (Fsp3) is 0.571. The number of nitrogens with one attached hydrogen (secondary N) is 1. The van der Waals surface area contributed by atoms with Crippen LogP contribution in [0.25, 0.3) is 0 Å². The first-order valence-electron chi connectivity index (χ1n) is 9.88. The van der Waals surface area contributed by atoms with Crippen molar-refractivity contribution in [2.24, 2.45) is 9.81 Å². The third kappa shape index (κ3) is 8.94. The van der Waals surface area contributed by atoms with Crippen molar-refractivity contribution in [3.63, 3.8) is 0 Å². The van der Waals surface area contributed by atoms with Crippen molar-refractivity contribution in [2.45, 2.75) is 65.3 Å². The Hall–Kier alpha value is -2.42. The number of carbonyl (C=O) groups is 2. The second-order valence-electron chi connectivity index (χ2n) is 8.23. The van der Waals surface area contributed by atoms with Gasteiger partial charge in [0.1, 0.15) is 11.5 Å². The van der Waals surface area contributed by atoms with E-state index in [1.54, 1.807) is 26.0 Å². The molecule has 0 fully saturated rings. The van der Waals surface area contributed by atoms with Crippen LogP contribution in [0.15, 0.2) is 22.6 Å². The SMILES string of the molecule is C=NS(=O)(=O)CC(CC(C)=O)Nc1cc(CCCCCC(C)(C)C(=O)O)ccc1O. The van der Waals surface area contributed by atoms with Crippen molar-refractivity contribution in [1.29, 1.82) is 0 Å². The average molecular weight is 441 g/mol. The number of benzene rings is 1. The van der Waals surface area contributed by atoms with Crippen molar-refractivity contribution >= 4 is 34.2 Å². The van der Waals surface area contributed by atoms with Crippen LogP contribution in [0.1, 0.15) is 58.4 Å². The van der Waals surface area contributed by atoms with Gasteiger partial charge in [0.2, 0.25) is 0 Å². The molecular formula is C21H32N2O6S. The molecule has 30 heavy (non-hydrogen) atoms. The maximum Gasteiger partial charge on any atom is 0.309 e. The molecule has 0 saturated carbocycles. The number of aryl methyl sites for hydroxylation is 1. The molecule has 0 aliphatic heterocycles. The summed E-state index contributed by atoms with van der Waals surface area (Å²) >= 11 is 0. The van der Waals surface area contributed by atoms with Gasteiger partial charge in [0, 0.05) is 19.2 Å². The van der Waals surface area contributed by atoms with Gasteiger partial charge in [-0.3, -0.25) is 9.59 Å². The number of Topliss-reactive ketones (excluding diaryl/α,β-unsaturated/α-hetero) is 1. The zero-order chi connectivity index (χ0) is 22.9. The van der Waals surface area contributed by atoms with E-state index < -0.39 is 33.2 Å². The van der Waals surface area contributed by atoms with Gasteiger partial charge in [-0.1, -0.05) is 18.9 Å². The number of carboxylic acid groups (broad SMARTS) is 1. The molecule has 1 aromatic rings. The largest absolute Gasteiger partial charge is 0.506 e. The van der Waals surface area contributed by atoms with E-state index >= 15 is 0 Å². The van der Waals surface area contributed by atoms with Gasteiger partial charge in [0.25, 0.3) is 10.0 Å². The van der Waals surface area contributed by atoms with Crippen LogP contribution in [-0.2, 0) is 26.0 Å². The van der Waals surface area contributed by atoms with E-state index in [1.807, 2.05) is 0 Å². The van der Waals surface area contributed by atoms with Gasteiger partial charge in [-0.15, -0.1) is 0 Å². The highest BCUT2D eigenvalue weighted by atomic mass is 32.2. The fourth-order valence-electron chi connectivity index (χ4n) is 3.06. The predicted octanol–water partition coefficient (Wildman–Crippen LogP) is 3.40. The van der Waals surface area contributed by atoms with Crippen LogP contribution in [-0.4, -0.2) is 48.9 Å². The number of unbranched alkanes of at least 4 members (excludes halogenated alkanes) is 2. The molecule has 1 atom stereocenters. The van der Waals surface area contributed by atoms with Crippen LogP contribution in [0.3, 0.4) is 0 Å². The lowest BCUT2D eigenvalue weighted by Crippen LogP contribution is -2.30. The normalized spacial score (nSPS) is 12.9. The standard InChI is InChI=1S/C21H32N2O6S/c1-15(24)12-17(14-30(28,29)22-4)23-18-13-16(9-10-19(18)25)8-6-5-7-11-21(2,3)20(26)27/h9-10,13,17,23,25H,4-8,11-12,14H2,1-3H3,(H,26,27). The number of hydrogen-bond donors (Lipinski definition) is 3. The minimum absolute atomic E-state index is 0.0300. The fourth-order valence-corrected chi connectivity index (χ4v) is 3.87. The van der Waals surface area contributed by atoms with Gasteiger partial charge in [-0.2, -0.15) is 4.40 Å². The highest BCUT2D eigenvalue weighted by molar-refractivity contribution is 7.90. The summed E-state index contributed by atoms with van der Waals surface area (Å²) in [6.45, 7) is 7.84. The molecule has 9 heteroatoms. The number of phenols is 1. The molecule has 0 radical (unpaired) electrons. The van der Waals surface area contributed by atoms with Crippen molar-refractivity contribution in [3.05, 3.63) is 23.8 Å². The van der Waals surface area contributed by atoms with E-state index in [9.17, 15) is 23.1 Å². The van der Waals surface area contributed by atoms with E-state index in [-0.39, 0.29) is 18.0 Å². The molecule has 0 aliphatic carbocycles. The molecule has 168 valence electrons. The number of nitrogens with zero attached hydrogens (tertiary/aromatic N) is 1. The van der Waals surface area contributed by atoms with Crippen LogP contribution < -0.4 is 5.32 Å². The van der Waals surface area contributed by atoms with Crippen LogP contribution >= 0.6 is 0 Å². The number of aromatic hydroxyl groups is 1. The number of anilines is 1. The van der Waals surface area contributed by atoms with E-state index in [2.05, 4.69) is 16.4 Å². The molecular weight excluding hydrogens is 408 g/mol. The number of hydrogen-bond acceptors (Lipinski definition) is 6. The topological polar surface area (TPSA) is 133 Å². The number of carbonyl (C=O) groups excluding carboxylic acids is 1. The molecule has 8 nitrogen and oxygen atoms in total. The Bertz CT molecular complexity index is 864. The maximum absolute atomic E-state index is 11.8. The Labute approximate surface area is 178 Å². The van der Waals surface area contributed by atoms with Crippen molar-refractivity contribution in [1.82, 2.24) is 0 Å². The van der Waals surface area contributed by atoms with Crippen LogP contribution in [0.5, 0.6) is 5.75 Å².